The van der Waals surface area contributed by atoms with Crippen LogP contribution in [0.4, 0.5) is 4.79 Å². The Hall–Kier alpha value is -2.12. The van der Waals surface area contributed by atoms with Crippen LogP contribution in [0.25, 0.3) is 0 Å². The number of carbonyl (C=O) groups is 4. The number of nitrogens with zero attached hydrogens (tertiary/aromatic N) is 2. The lowest BCUT2D eigenvalue weighted by molar-refractivity contribution is -0.147. The molecule has 0 aromatic carbocycles. The normalized spacial score (nSPS) is 31.3. The van der Waals surface area contributed by atoms with E-state index in [0.29, 0.717) is 19.4 Å². The third-order valence-electron chi connectivity index (χ3n) is 5.11. The SMILES string of the molecule is CC1(C2CC2)NC(=O)N(CC(=O)N2CCCC(C(=O)O)C2)C1=O. The number of rotatable bonds is 4. The molecule has 2 unspecified atom stereocenters. The largest absolute Gasteiger partial charge is 0.481 e. The van der Waals surface area contributed by atoms with Crippen LogP contribution in [-0.4, -0.2) is 63.9 Å². The van der Waals surface area contributed by atoms with Gasteiger partial charge in [-0.15, -0.1) is 0 Å². The minimum absolute atomic E-state index is 0.137. The highest BCUT2D eigenvalue weighted by Crippen LogP contribution is 2.42. The van der Waals surface area contributed by atoms with Gasteiger partial charge in [0.1, 0.15) is 12.1 Å². The van der Waals surface area contributed by atoms with Gasteiger partial charge in [-0.2, -0.15) is 0 Å². The standard InChI is InChI=1S/C15H21N3O5/c1-15(10-4-5-10)13(22)18(14(23)16-15)8-11(19)17-6-2-3-9(7-17)12(20)21/h9-10H,2-8H2,1H3,(H,16,23)(H,20,21). The van der Waals surface area contributed by atoms with E-state index in [9.17, 15) is 19.2 Å². The molecule has 0 bridgehead atoms. The van der Waals surface area contributed by atoms with Crippen LogP contribution >= 0.6 is 0 Å². The molecular weight excluding hydrogens is 302 g/mol. The number of hydrogen-bond donors (Lipinski definition) is 2. The third-order valence-corrected chi connectivity index (χ3v) is 5.11. The molecular formula is C15H21N3O5. The van der Waals surface area contributed by atoms with Gasteiger partial charge in [0.25, 0.3) is 5.91 Å². The highest BCUT2D eigenvalue weighted by atomic mass is 16.4. The Labute approximate surface area is 133 Å². The summed E-state index contributed by atoms with van der Waals surface area (Å²) in [4.78, 5) is 50.4. The number of aliphatic carboxylic acids is 1. The fourth-order valence-electron chi connectivity index (χ4n) is 3.44. The van der Waals surface area contributed by atoms with Crippen molar-refractivity contribution in [1.29, 1.82) is 0 Å². The number of nitrogens with one attached hydrogen (secondary N) is 1. The zero-order valence-corrected chi connectivity index (χ0v) is 13.1. The van der Waals surface area contributed by atoms with Gasteiger partial charge in [-0.05, 0) is 38.5 Å². The average Bonchev–Trinajstić information content (AvgIpc) is 3.33. The van der Waals surface area contributed by atoms with Crippen LogP contribution in [0, 0.1) is 11.8 Å². The molecule has 1 saturated carbocycles. The van der Waals surface area contributed by atoms with Crippen LogP contribution in [0.3, 0.4) is 0 Å². The minimum atomic E-state index is -0.918. The van der Waals surface area contributed by atoms with Crippen molar-refractivity contribution in [3.05, 3.63) is 0 Å². The summed E-state index contributed by atoms with van der Waals surface area (Å²) >= 11 is 0. The zero-order valence-electron chi connectivity index (χ0n) is 13.1. The van der Waals surface area contributed by atoms with Gasteiger partial charge in [-0.3, -0.25) is 19.3 Å². The van der Waals surface area contributed by atoms with Crippen LogP contribution in [0.15, 0.2) is 0 Å². The fraction of sp³-hybridized carbons (Fsp3) is 0.733. The molecule has 1 aliphatic carbocycles. The van der Waals surface area contributed by atoms with E-state index in [2.05, 4.69) is 5.32 Å². The molecule has 8 heteroatoms. The van der Waals surface area contributed by atoms with Crippen molar-refractivity contribution in [3.63, 3.8) is 0 Å². The first kappa shape index (κ1) is 15.8. The van der Waals surface area contributed by atoms with E-state index in [1.807, 2.05) is 0 Å². The predicted molar refractivity (Wildman–Crippen MR) is 78.3 cm³/mol. The number of hydrogen-bond acceptors (Lipinski definition) is 4. The lowest BCUT2D eigenvalue weighted by Gasteiger charge is -2.31. The number of amides is 4. The summed E-state index contributed by atoms with van der Waals surface area (Å²) in [6.45, 7) is 1.99. The molecule has 2 aliphatic heterocycles. The Morgan fingerprint density at radius 2 is 2.00 bits per heavy atom. The lowest BCUT2D eigenvalue weighted by atomic mass is 9.96. The second-order valence-corrected chi connectivity index (χ2v) is 6.82. The molecule has 126 valence electrons. The second kappa shape index (κ2) is 5.50. The number of carbonyl (C=O) groups excluding carboxylic acids is 3. The van der Waals surface area contributed by atoms with E-state index in [0.717, 1.165) is 17.7 Å². The molecule has 3 fully saturated rings. The zero-order chi connectivity index (χ0) is 16.8. The first-order valence-electron chi connectivity index (χ1n) is 7.97. The number of likely N-dealkylation sites (tertiary alicyclic amines) is 1. The molecule has 0 spiro atoms. The van der Waals surface area contributed by atoms with Crippen molar-refractivity contribution in [1.82, 2.24) is 15.1 Å². The molecule has 0 aromatic rings. The summed E-state index contributed by atoms with van der Waals surface area (Å²) in [5.41, 5.74) is -0.900. The molecule has 23 heavy (non-hydrogen) atoms. The van der Waals surface area contributed by atoms with E-state index in [1.54, 1.807) is 6.92 Å². The number of carboxylic acids is 1. The monoisotopic (exact) mass is 323 g/mol. The van der Waals surface area contributed by atoms with Crippen molar-refractivity contribution in [2.75, 3.05) is 19.6 Å². The summed E-state index contributed by atoms with van der Waals surface area (Å²) in [5.74, 6) is -2.08. The van der Waals surface area contributed by atoms with Gasteiger partial charge in [-0.25, -0.2) is 4.79 Å². The predicted octanol–water partition coefficient (Wildman–Crippen LogP) is 0.0301. The van der Waals surface area contributed by atoms with Crippen LogP contribution in [0.5, 0.6) is 0 Å². The number of urea groups is 1. The van der Waals surface area contributed by atoms with E-state index >= 15 is 0 Å². The molecule has 2 N–H and O–H groups in total. The Balaban J connectivity index is 1.64. The van der Waals surface area contributed by atoms with E-state index < -0.39 is 23.5 Å². The van der Waals surface area contributed by atoms with Crippen molar-refractivity contribution in [2.24, 2.45) is 11.8 Å². The minimum Gasteiger partial charge on any atom is -0.481 e. The molecule has 8 nitrogen and oxygen atoms in total. The van der Waals surface area contributed by atoms with Crippen molar-refractivity contribution in [3.8, 4) is 0 Å². The van der Waals surface area contributed by atoms with E-state index in [4.69, 9.17) is 5.11 Å². The first-order valence-corrected chi connectivity index (χ1v) is 7.97. The number of carboxylic acid groups (broad SMARTS) is 1. The van der Waals surface area contributed by atoms with Gasteiger partial charge in [0.05, 0.1) is 5.92 Å². The molecule has 0 radical (unpaired) electrons. The number of imide groups is 1. The van der Waals surface area contributed by atoms with E-state index in [-0.39, 0.29) is 30.8 Å². The van der Waals surface area contributed by atoms with Gasteiger partial charge in [-0.1, -0.05) is 0 Å². The second-order valence-electron chi connectivity index (χ2n) is 6.82. The maximum absolute atomic E-state index is 12.5. The fourth-order valence-corrected chi connectivity index (χ4v) is 3.44. The third kappa shape index (κ3) is 2.77. The van der Waals surface area contributed by atoms with Crippen LogP contribution in [-0.2, 0) is 14.4 Å². The first-order chi connectivity index (χ1) is 10.8. The highest BCUT2D eigenvalue weighted by molar-refractivity contribution is 6.09. The molecule has 4 amide bonds. The van der Waals surface area contributed by atoms with Crippen molar-refractivity contribution < 1.29 is 24.3 Å². The van der Waals surface area contributed by atoms with Crippen LogP contribution in [0.1, 0.15) is 32.6 Å². The molecule has 2 saturated heterocycles. The smallest absolute Gasteiger partial charge is 0.325 e. The molecule has 2 atom stereocenters. The lowest BCUT2D eigenvalue weighted by Crippen LogP contribution is -2.49. The van der Waals surface area contributed by atoms with E-state index in [1.165, 1.54) is 4.90 Å². The van der Waals surface area contributed by atoms with Gasteiger partial charge in [0.15, 0.2) is 0 Å². The van der Waals surface area contributed by atoms with Gasteiger partial charge in [0, 0.05) is 13.1 Å². The topological polar surface area (TPSA) is 107 Å². The summed E-state index contributed by atoms with van der Waals surface area (Å²) < 4.78 is 0. The van der Waals surface area contributed by atoms with Crippen molar-refractivity contribution >= 4 is 23.8 Å². The van der Waals surface area contributed by atoms with Crippen LogP contribution < -0.4 is 5.32 Å². The summed E-state index contributed by atoms with van der Waals surface area (Å²) in [6.07, 6.45) is 2.96. The van der Waals surface area contributed by atoms with Gasteiger partial charge >= 0.3 is 12.0 Å². The quantitative estimate of drug-likeness (QED) is 0.710. The van der Waals surface area contributed by atoms with Crippen LogP contribution in [0.2, 0.25) is 0 Å². The van der Waals surface area contributed by atoms with Crippen molar-refractivity contribution in [2.45, 2.75) is 38.1 Å². The molecule has 0 aromatic heterocycles. The maximum atomic E-state index is 12.5. The maximum Gasteiger partial charge on any atom is 0.325 e. The Morgan fingerprint density at radius 3 is 2.61 bits per heavy atom. The summed E-state index contributed by atoms with van der Waals surface area (Å²) in [6, 6.07) is -0.537. The molecule has 3 rings (SSSR count). The van der Waals surface area contributed by atoms with Gasteiger partial charge in [0.2, 0.25) is 5.91 Å². The highest BCUT2D eigenvalue weighted by Gasteiger charge is 2.56. The van der Waals surface area contributed by atoms with Gasteiger partial charge < -0.3 is 15.3 Å². The number of piperidine rings is 1. The Kier molecular flexibility index (Phi) is 3.77. The average molecular weight is 323 g/mol. The molecule has 2 heterocycles. The summed E-state index contributed by atoms with van der Waals surface area (Å²) in [7, 11) is 0. The Bertz CT molecular complexity index is 573. The Morgan fingerprint density at radius 1 is 1.30 bits per heavy atom. The molecule has 3 aliphatic rings. The summed E-state index contributed by atoms with van der Waals surface area (Å²) in [5, 5.41) is 11.8.